The zero-order valence-electron chi connectivity index (χ0n) is 15.3. The van der Waals surface area contributed by atoms with Gasteiger partial charge < -0.3 is 15.6 Å². The fourth-order valence-electron chi connectivity index (χ4n) is 2.54. The van der Waals surface area contributed by atoms with Gasteiger partial charge in [0.2, 0.25) is 0 Å². The molecule has 5 nitrogen and oxygen atoms in total. The van der Waals surface area contributed by atoms with Gasteiger partial charge >= 0.3 is 0 Å². The molecular weight excluding hydrogens is 456 g/mol. The molecule has 0 bridgehead atoms. The minimum absolute atomic E-state index is 0. The van der Waals surface area contributed by atoms with Crippen molar-refractivity contribution in [1.29, 1.82) is 0 Å². The molecule has 0 amide bonds. The number of guanidine groups is 1. The average Bonchev–Trinajstić information content (AvgIpc) is 3.14. The molecule has 1 heterocycles. The molecule has 3 aromatic rings. The third-order valence-corrected chi connectivity index (χ3v) is 4.06. The van der Waals surface area contributed by atoms with E-state index in [1.807, 2.05) is 42.6 Å². The molecule has 3 N–H and O–H groups in total. The van der Waals surface area contributed by atoms with Crippen molar-refractivity contribution in [3.8, 4) is 11.3 Å². The van der Waals surface area contributed by atoms with Crippen molar-refractivity contribution in [3.05, 3.63) is 77.5 Å². The lowest BCUT2D eigenvalue weighted by Gasteiger charge is -2.11. The van der Waals surface area contributed by atoms with Crippen LogP contribution in [-0.2, 0) is 13.1 Å². The second kappa shape index (κ2) is 10.1. The van der Waals surface area contributed by atoms with Crippen molar-refractivity contribution in [2.24, 2.45) is 4.99 Å². The van der Waals surface area contributed by atoms with E-state index >= 15 is 0 Å². The predicted octanol–water partition coefficient (Wildman–Crippen LogP) is 4.01. The Morgan fingerprint density at radius 2 is 1.85 bits per heavy atom. The van der Waals surface area contributed by atoms with E-state index in [1.54, 1.807) is 20.0 Å². The summed E-state index contributed by atoms with van der Waals surface area (Å²) in [6, 6.07) is 15.2. The maximum Gasteiger partial charge on any atom is 0.191 e. The van der Waals surface area contributed by atoms with E-state index in [0.29, 0.717) is 24.6 Å². The highest BCUT2D eigenvalue weighted by Crippen LogP contribution is 2.15. The summed E-state index contributed by atoms with van der Waals surface area (Å²) in [5.41, 5.74) is 3.57. The summed E-state index contributed by atoms with van der Waals surface area (Å²) >= 11 is 0. The lowest BCUT2D eigenvalue weighted by molar-refractivity contribution is 0.615. The number of aryl methyl sites for hydroxylation is 1. The van der Waals surface area contributed by atoms with Crippen LogP contribution in [0.2, 0.25) is 0 Å². The summed E-state index contributed by atoms with van der Waals surface area (Å²) in [6.45, 7) is 2.75. The maximum atomic E-state index is 13.6. The Bertz CT molecular complexity index is 892. The van der Waals surface area contributed by atoms with Crippen molar-refractivity contribution in [2.45, 2.75) is 20.0 Å². The molecule has 0 unspecified atom stereocenters. The monoisotopic (exact) mass is 479 g/mol. The number of imidazole rings is 1. The van der Waals surface area contributed by atoms with Crippen molar-refractivity contribution in [1.82, 2.24) is 20.6 Å². The summed E-state index contributed by atoms with van der Waals surface area (Å²) in [5.74, 6) is 1.24. The van der Waals surface area contributed by atoms with Crippen LogP contribution in [0.5, 0.6) is 0 Å². The number of aromatic amines is 1. The summed E-state index contributed by atoms with van der Waals surface area (Å²) in [4.78, 5) is 11.9. The lowest BCUT2D eigenvalue weighted by Crippen LogP contribution is -2.36. The molecule has 142 valence electrons. The van der Waals surface area contributed by atoms with Gasteiger partial charge in [-0.15, -0.1) is 24.0 Å². The number of benzene rings is 2. The van der Waals surface area contributed by atoms with Crippen LogP contribution in [0.25, 0.3) is 11.3 Å². The molecule has 0 saturated heterocycles. The Hall–Kier alpha value is -2.42. The largest absolute Gasteiger partial charge is 0.352 e. The standard InChI is InChI=1S/C20H22FN5.HI/c1-14-8-9-15(10-17(14)21)11-24-20(22-2)25-13-19-23-12-18(26-19)16-6-4-3-5-7-16;/h3-10,12H,11,13H2,1-2H3,(H,23,26)(H2,22,24,25);1H. The zero-order chi connectivity index (χ0) is 18.4. The van der Waals surface area contributed by atoms with Crippen LogP contribution in [0.4, 0.5) is 4.39 Å². The Morgan fingerprint density at radius 3 is 2.56 bits per heavy atom. The van der Waals surface area contributed by atoms with E-state index in [0.717, 1.165) is 22.6 Å². The van der Waals surface area contributed by atoms with E-state index in [1.165, 1.54) is 6.07 Å². The van der Waals surface area contributed by atoms with Crippen LogP contribution in [0, 0.1) is 12.7 Å². The second-order valence-electron chi connectivity index (χ2n) is 5.97. The molecule has 27 heavy (non-hydrogen) atoms. The van der Waals surface area contributed by atoms with Gasteiger partial charge in [0.1, 0.15) is 11.6 Å². The molecule has 0 atom stereocenters. The summed E-state index contributed by atoms with van der Waals surface area (Å²) < 4.78 is 13.6. The molecule has 0 aliphatic carbocycles. The van der Waals surface area contributed by atoms with Crippen molar-refractivity contribution < 1.29 is 4.39 Å². The Balaban J connectivity index is 0.00000261. The van der Waals surface area contributed by atoms with Crippen molar-refractivity contribution in [3.63, 3.8) is 0 Å². The van der Waals surface area contributed by atoms with Crippen LogP contribution in [0.1, 0.15) is 17.0 Å². The average molecular weight is 479 g/mol. The molecule has 7 heteroatoms. The minimum atomic E-state index is -0.198. The molecule has 3 rings (SSSR count). The third-order valence-electron chi connectivity index (χ3n) is 4.06. The Kier molecular flexibility index (Phi) is 7.78. The summed E-state index contributed by atoms with van der Waals surface area (Å²) in [5, 5.41) is 6.37. The number of rotatable bonds is 5. The quantitative estimate of drug-likeness (QED) is 0.295. The van der Waals surface area contributed by atoms with E-state index in [-0.39, 0.29) is 29.8 Å². The number of aliphatic imine (C=N–C) groups is 1. The van der Waals surface area contributed by atoms with Gasteiger partial charge in [0.25, 0.3) is 0 Å². The highest BCUT2D eigenvalue weighted by molar-refractivity contribution is 14.0. The summed E-state index contributed by atoms with van der Waals surface area (Å²) in [6.07, 6.45) is 1.82. The second-order valence-corrected chi connectivity index (χ2v) is 5.97. The molecule has 0 saturated carbocycles. The number of halogens is 2. The highest BCUT2D eigenvalue weighted by Gasteiger charge is 2.05. The molecule has 0 radical (unpaired) electrons. The predicted molar refractivity (Wildman–Crippen MR) is 118 cm³/mol. The number of nitrogens with zero attached hydrogens (tertiary/aromatic N) is 2. The first-order chi connectivity index (χ1) is 12.7. The lowest BCUT2D eigenvalue weighted by atomic mass is 10.1. The highest BCUT2D eigenvalue weighted by atomic mass is 127. The normalized spacial score (nSPS) is 11.0. The molecule has 1 aromatic heterocycles. The molecule has 2 aromatic carbocycles. The third kappa shape index (κ3) is 5.78. The molecule has 0 aliphatic rings. The number of nitrogens with one attached hydrogen (secondary N) is 3. The number of aromatic nitrogens is 2. The van der Waals surface area contributed by atoms with E-state index in [4.69, 9.17) is 0 Å². The van der Waals surface area contributed by atoms with Gasteiger partial charge in [-0.3, -0.25) is 4.99 Å². The van der Waals surface area contributed by atoms with Gasteiger partial charge in [0, 0.05) is 13.6 Å². The first-order valence-electron chi connectivity index (χ1n) is 8.44. The SMILES string of the molecule is CN=C(NCc1ccc(C)c(F)c1)NCc1ncc(-c2ccccc2)[nH]1.I. The van der Waals surface area contributed by atoms with E-state index < -0.39 is 0 Å². The van der Waals surface area contributed by atoms with Crippen molar-refractivity contribution >= 4 is 29.9 Å². The molecule has 0 aliphatic heterocycles. The van der Waals surface area contributed by atoms with Gasteiger partial charge in [0.15, 0.2) is 5.96 Å². The van der Waals surface area contributed by atoms with Gasteiger partial charge in [0.05, 0.1) is 18.4 Å². The van der Waals surface area contributed by atoms with Crippen LogP contribution in [0.15, 0.2) is 59.7 Å². The first kappa shape index (κ1) is 20.9. The Morgan fingerprint density at radius 1 is 1.11 bits per heavy atom. The van der Waals surface area contributed by atoms with Gasteiger partial charge in [-0.2, -0.15) is 0 Å². The maximum absolute atomic E-state index is 13.6. The van der Waals surface area contributed by atoms with Gasteiger partial charge in [-0.1, -0.05) is 42.5 Å². The van der Waals surface area contributed by atoms with Crippen LogP contribution in [-0.4, -0.2) is 23.0 Å². The topological polar surface area (TPSA) is 65.1 Å². The van der Waals surface area contributed by atoms with Gasteiger partial charge in [-0.05, 0) is 29.7 Å². The fourth-order valence-corrected chi connectivity index (χ4v) is 2.54. The van der Waals surface area contributed by atoms with Crippen LogP contribution < -0.4 is 10.6 Å². The first-order valence-corrected chi connectivity index (χ1v) is 8.44. The van der Waals surface area contributed by atoms with E-state index in [9.17, 15) is 4.39 Å². The van der Waals surface area contributed by atoms with Crippen LogP contribution >= 0.6 is 24.0 Å². The van der Waals surface area contributed by atoms with Crippen LogP contribution in [0.3, 0.4) is 0 Å². The smallest absolute Gasteiger partial charge is 0.191 e. The molecule has 0 spiro atoms. The Labute approximate surface area is 175 Å². The van der Waals surface area contributed by atoms with Gasteiger partial charge in [-0.25, -0.2) is 9.37 Å². The molecule has 0 fully saturated rings. The number of hydrogen-bond acceptors (Lipinski definition) is 2. The zero-order valence-corrected chi connectivity index (χ0v) is 17.6. The minimum Gasteiger partial charge on any atom is -0.352 e. The number of hydrogen-bond donors (Lipinski definition) is 3. The molecular formula is C20H23FIN5. The number of H-pyrrole nitrogens is 1. The fraction of sp³-hybridized carbons (Fsp3) is 0.200. The summed E-state index contributed by atoms with van der Waals surface area (Å²) in [7, 11) is 1.70. The van der Waals surface area contributed by atoms with Crippen molar-refractivity contribution in [2.75, 3.05) is 7.05 Å². The van der Waals surface area contributed by atoms with E-state index in [2.05, 4.69) is 25.6 Å².